The summed E-state index contributed by atoms with van der Waals surface area (Å²) in [6.45, 7) is 8.61. The number of nitrogens with one attached hydrogen (secondary N) is 2. The minimum atomic E-state index is -3.85. The molecule has 0 unspecified atom stereocenters. The summed E-state index contributed by atoms with van der Waals surface area (Å²) in [5, 5.41) is 13.0. The van der Waals surface area contributed by atoms with Gasteiger partial charge in [-0.3, -0.25) is 19.2 Å². The fourth-order valence-corrected chi connectivity index (χ4v) is 6.17. The van der Waals surface area contributed by atoms with E-state index in [2.05, 4.69) is 16.6 Å². The monoisotopic (exact) mass is 551 g/mol. The molecule has 10 nitrogen and oxygen atoms in total. The number of amides is 3. The number of likely N-dealkylation sites (tertiary alicyclic amines) is 1. The molecule has 38 heavy (non-hydrogen) atoms. The van der Waals surface area contributed by atoms with Crippen molar-refractivity contribution >= 4 is 27.9 Å². The van der Waals surface area contributed by atoms with Crippen molar-refractivity contribution in [2.45, 2.75) is 80.9 Å². The summed E-state index contributed by atoms with van der Waals surface area (Å²) in [6.07, 6.45) is 0.514. The molecule has 12 heteroatoms. The van der Waals surface area contributed by atoms with Gasteiger partial charge in [0.05, 0.1) is 11.4 Å². The Morgan fingerprint density at radius 2 is 1.84 bits per heavy atom. The molecule has 3 amide bonds. The molecule has 1 aromatic rings. The van der Waals surface area contributed by atoms with Crippen LogP contribution < -0.4 is 10.0 Å². The summed E-state index contributed by atoms with van der Waals surface area (Å²) < 4.78 is 45.8. The molecule has 3 fully saturated rings. The van der Waals surface area contributed by atoms with Gasteiger partial charge in [0.1, 0.15) is 23.0 Å². The number of carbonyl (C=O) groups excluding carboxylic acids is 3. The van der Waals surface area contributed by atoms with E-state index in [0.29, 0.717) is 18.4 Å². The standard InChI is InChI=1S/C26H34FN3O7S/c1-5-16-13-26(16,23(33)29-38(35,36)18-10-11-18)28-22(32)20-12-21(31)19(15-6-8-17(27)9-7-15)14-30(20)24(34)37-25(2,3)4/h5-9,16,18-21,31H,1,10-14H2,2-4H3,(H,28,32)(H,29,33)/t16-,19-,20+,21-,26-/m1/s1. The molecule has 0 spiro atoms. The molecule has 5 atom stereocenters. The minimum absolute atomic E-state index is 0.0973. The molecule has 1 saturated heterocycles. The SMILES string of the molecule is C=C[C@@H]1C[C@]1(NC(=O)[C@@H]1C[C@@H](O)[C@@H](c2ccc(F)cc2)CN1C(=O)OC(C)(C)C)C(=O)NS(=O)(=O)C1CC1. The van der Waals surface area contributed by atoms with Gasteiger partial charge in [0, 0.05) is 24.8 Å². The molecule has 0 bridgehead atoms. The summed E-state index contributed by atoms with van der Waals surface area (Å²) in [5.74, 6) is -3.15. The van der Waals surface area contributed by atoms with Gasteiger partial charge in [-0.05, 0) is 57.7 Å². The Bertz CT molecular complexity index is 1230. The zero-order chi connectivity index (χ0) is 28.0. The highest BCUT2D eigenvalue weighted by atomic mass is 32.2. The first kappa shape index (κ1) is 28.0. The maximum Gasteiger partial charge on any atom is 0.410 e. The third kappa shape index (κ3) is 5.85. The molecule has 4 rings (SSSR count). The molecule has 3 aliphatic rings. The second-order valence-electron chi connectivity index (χ2n) is 11.3. The number of carbonyl (C=O) groups is 3. The smallest absolute Gasteiger partial charge is 0.410 e. The fraction of sp³-hybridized carbons (Fsp3) is 0.577. The maximum absolute atomic E-state index is 13.6. The molecule has 208 valence electrons. The molecule has 1 heterocycles. The van der Waals surface area contributed by atoms with Crippen molar-refractivity contribution < 1.29 is 37.0 Å². The van der Waals surface area contributed by atoms with Gasteiger partial charge in [0.15, 0.2) is 0 Å². The van der Waals surface area contributed by atoms with Crippen molar-refractivity contribution in [2.75, 3.05) is 6.54 Å². The lowest BCUT2D eigenvalue weighted by Gasteiger charge is -2.42. The van der Waals surface area contributed by atoms with E-state index < -0.39 is 74.1 Å². The predicted molar refractivity (Wildman–Crippen MR) is 136 cm³/mol. The van der Waals surface area contributed by atoms with Crippen LogP contribution in [0.4, 0.5) is 9.18 Å². The number of sulfonamides is 1. The lowest BCUT2D eigenvalue weighted by atomic mass is 9.84. The number of halogens is 1. The molecular formula is C26H34FN3O7S. The molecule has 1 aliphatic heterocycles. The molecule has 2 aliphatic carbocycles. The van der Waals surface area contributed by atoms with Gasteiger partial charge in [-0.25, -0.2) is 17.6 Å². The van der Waals surface area contributed by atoms with Crippen LogP contribution in [0.2, 0.25) is 0 Å². The number of ether oxygens (including phenoxy) is 1. The Hall–Kier alpha value is -2.99. The van der Waals surface area contributed by atoms with E-state index in [-0.39, 0.29) is 19.4 Å². The molecule has 1 aromatic carbocycles. The number of hydrogen-bond donors (Lipinski definition) is 3. The van der Waals surface area contributed by atoms with Gasteiger partial charge < -0.3 is 15.2 Å². The third-order valence-corrected chi connectivity index (χ3v) is 9.00. The summed E-state index contributed by atoms with van der Waals surface area (Å²) in [6, 6.07) is 4.32. The summed E-state index contributed by atoms with van der Waals surface area (Å²) in [4.78, 5) is 41.0. The van der Waals surface area contributed by atoms with E-state index in [4.69, 9.17) is 4.74 Å². The normalized spacial score (nSPS) is 29.2. The third-order valence-electron chi connectivity index (χ3n) is 7.18. The van der Waals surface area contributed by atoms with Crippen LogP contribution in [0.3, 0.4) is 0 Å². The van der Waals surface area contributed by atoms with Crippen molar-refractivity contribution in [1.29, 1.82) is 0 Å². The Labute approximate surface area is 221 Å². The van der Waals surface area contributed by atoms with Crippen LogP contribution in [0.5, 0.6) is 0 Å². The van der Waals surface area contributed by atoms with Gasteiger partial charge in [0.2, 0.25) is 15.9 Å². The number of aliphatic hydroxyl groups is 1. The largest absolute Gasteiger partial charge is 0.444 e. The highest BCUT2D eigenvalue weighted by Crippen LogP contribution is 2.45. The number of nitrogens with zero attached hydrogens (tertiary/aromatic N) is 1. The summed E-state index contributed by atoms with van der Waals surface area (Å²) in [7, 11) is -3.85. The van der Waals surface area contributed by atoms with E-state index in [1.165, 1.54) is 35.2 Å². The van der Waals surface area contributed by atoms with E-state index in [1.807, 2.05) is 0 Å². The first-order valence-corrected chi connectivity index (χ1v) is 14.2. The molecular weight excluding hydrogens is 517 g/mol. The average Bonchev–Trinajstić information content (AvgIpc) is 3.73. The Balaban J connectivity index is 1.57. The van der Waals surface area contributed by atoms with Gasteiger partial charge in [-0.15, -0.1) is 6.58 Å². The zero-order valence-electron chi connectivity index (χ0n) is 21.6. The lowest BCUT2D eigenvalue weighted by Crippen LogP contribution is -2.61. The van der Waals surface area contributed by atoms with Crippen LogP contribution in [-0.2, 0) is 24.3 Å². The topological polar surface area (TPSA) is 142 Å². The van der Waals surface area contributed by atoms with E-state index >= 15 is 0 Å². The van der Waals surface area contributed by atoms with Crippen LogP contribution in [0.25, 0.3) is 0 Å². The second-order valence-corrected chi connectivity index (χ2v) is 13.3. The van der Waals surface area contributed by atoms with Crippen molar-refractivity contribution in [3.05, 3.63) is 48.3 Å². The number of hydrogen-bond acceptors (Lipinski definition) is 7. The first-order valence-electron chi connectivity index (χ1n) is 12.6. The van der Waals surface area contributed by atoms with E-state index in [1.54, 1.807) is 20.8 Å². The van der Waals surface area contributed by atoms with Crippen LogP contribution in [0.1, 0.15) is 57.9 Å². The Kier molecular flexibility index (Phi) is 7.34. The number of rotatable bonds is 7. The first-order chi connectivity index (χ1) is 17.7. The average molecular weight is 552 g/mol. The second kappa shape index (κ2) is 9.96. The van der Waals surface area contributed by atoms with Crippen molar-refractivity contribution in [2.24, 2.45) is 5.92 Å². The van der Waals surface area contributed by atoms with Crippen molar-refractivity contribution in [3.8, 4) is 0 Å². The predicted octanol–water partition coefficient (Wildman–Crippen LogP) is 1.95. The zero-order valence-corrected chi connectivity index (χ0v) is 22.5. The number of piperidine rings is 1. The fourth-order valence-electron chi connectivity index (χ4n) is 4.81. The van der Waals surface area contributed by atoms with Crippen LogP contribution in [0.15, 0.2) is 36.9 Å². The highest BCUT2D eigenvalue weighted by molar-refractivity contribution is 7.91. The number of benzene rings is 1. The molecule has 2 saturated carbocycles. The van der Waals surface area contributed by atoms with E-state index in [0.717, 1.165) is 0 Å². The lowest BCUT2D eigenvalue weighted by molar-refractivity contribution is -0.134. The minimum Gasteiger partial charge on any atom is -0.444 e. The van der Waals surface area contributed by atoms with Gasteiger partial charge in [-0.1, -0.05) is 18.2 Å². The summed E-state index contributed by atoms with van der Waals surface area (Å²) in [5.41, 5.74) is -1.82. The van der Waals surface area contributed by atoms with Crippen molar-refractivity contribution in [1.82, 2.24) is 14.9 Å². The Morgan fingerprint density at radius 1 is 1.21 bits per heavy atom. The molecule has 0 aromatic heterocycles. The summed E-state index contributed by atoms with van der Waals surface area (Å²) >= 11 is 0. The maximum atomic E-state index is 13.6. The van der Waals surface area contributed by atoms with Crippen LogP contribution in [-0.4, -0.2) is 71.4 Å². The highest BCUT2D eigenvalue weighted by Gasteiger charge is 2.61. The van der Waals surface area contributed by atoms with Crippen LogP contribution in [0, 0.1) is 11.7 Å². The van der Waals surface area contributed by atoms with E-state index in [9.17, 15) is 32.3 Å². The Morgan fingerprint density at radius 3 is 2.37 bits per heavy atom. The number of aliphatic hydroxyl groups excluding tert-OH is 1. The van der Waals surface area contributed by atoms with Gasteiger partial charge in [-0.2, -0.15) is 0 Å². The van der Waals surface area contributed by atoms with Gasteiger partial charge in [0.25, 0.3) is 5.91 Å². The van der Waals surface area contributed by atoms with Crippen molar-refractivity contribution in [3.63, 3.8) is 0 Å². The molecule has 3 N–H and O–H groups in total. The van der Waals surface area contributed by atoms with Crippen LogP contribution >= 0.6 is 0 Å². The van der Waals surface area contributed by atoms with Gasteiger partial charge >= 0.3 is 6.09 Å². The molecule has 0 radical (unpaired) electrons. The quantitative estimate of drug-likeness (QED) is 0.440.